The van der Waals surface area contributed by atoms with Crippen LogP contribution in [0.15, 0.2) is 113 Å². The van der Waals surface area contributed by atoms with Crippen LogP contribution < -0.4 is 0 Å². The van der Waals surface area contributed by atoms with Crippen LogP contribution >= 0.6 is 0 Å². The molecule has 0 spiro atoms. The van der Waals surface area contributed by atoms with E-state index in [1.165, 1.54) is 68.1 Å². The molecule has 0 aliphatic heterocycles. The quantitative estimate of drug-likeness (QED) is 0.375. The Morgan fingerprint density at radius 3 is 1.16 bits per heavy atom. The first-order chi connectivity index (χ1) is 15.9. The Labute approximate surface area is 192 Å². The predicted octanol–water partition coefficient (Wildman–Crippen LogP) is 8.39. The van der Waals surface area contributed by atoms with Crippen LogP contribution in [0.5, 0.6) is 0 Å². The van der Waals surface area contributed by atoms with Crippen LogP contribution in [0.25, 0.3) is 0 Å². The fourth-order valence-electron chi connectivity index (χ4n) is 7.02. The molecular formula is C32H32. The summed E-state index contributed by atoms with van der Waals surface area (Å²) in [5.74, 6) is 0.445. The predicted molar refractivity (Wildman–Crippen MR) is 134 cm³/mol. The summed E-state index contributed by atoms with van der Waals surface area (Å²) in [6.45, 7) is 0. The number of allylic oxidation sites excluding steroid dienone is 4. The molecule has 3 aromatic rings. The molecule has 3 aliphatic carbocycles. The molecule has 3 aliphatic rings. The maximum absolute atomic E-state index is 2.38. The normalized spacial score (nSPS) is 19.1. The van der Waals surface area contributed by atoms with E-state index in [4.69, 9.17) is 0 Å². The van der Waals surface area contributed by atoms with Crippen molar-refractivity contribution in [2.45, 2.75) is 56.8 Å². The van der Waals surface area contributed by atoms with Crippen molar-refractivity contribution >= 4 is 0 Å². The van der Waals surface area contributed by atoms with E-state index in [0.29, 0.717) is 5.92 Å². The zero-order valence-electron chi connectivity index (χ0n) is 18.9. The van der Waals surface area contributed by atoms with E-state index in [1.807, 2.05) is 0 Å². The van der Waals surface area contributed by atoms with Crippen LogP contribution in [0, 0.1) is 5.92 Å². The summed E-state index contributed by atoms with van der Waals surface area (Å²) in [7, 11) is 0. The zero-order chi connectivity index (χ0) is 21.4. The molecule has 0 heteroatoms. The van der Waals surface area contributed by atoms with Gasteiger partial charge in [-0.05, 0) is 79.2 Å². The van der Waals surface area contributed by atoms with Gasteiger partial charge in [0.1, 0.15) is 0 Å². The SMILES string of the molecule is c1ccc(C(c2ccccc2)(c2ccccc2)C2C3=C(CCCC3)C3=C2CCCC3)cc1. The third-order valence-corrected chi connectivity index (χ3v) is 8.20. The number of rotatable bonds is 4. The molecule has 0 bridgehead atoms. The molecule has 0 aromatic heterocycles. The highest BCUT2D eigenvalue weighted by atomic mass is 14.5. The van der Waals surface area contributed by atoms with E-state index in [9.17, 15) is 0 Å². The Balaban J connectivity index is 1.72. The zero-order valence-corrected chi connectivity index (χ0v) is 18.9. The third-order valence-electron chi connectivity index (χ3n) is 8.20. The molecular weight excluding hydrogens is 384 g/mol. The fourth-order valence-corrected chi connectivity index (χ4v) is 7.02. The van der Waals surface area contributed by atoms with Gasteiger partial charge >= 0.3 is 0 Å². The van der Waals surface area contributed by atoms with Crippen LogP contribution in [0.1, 0.15) is 68.1 Å². The highest BCUT2D eigenvalue weighted by Crippen LogP contribution is 2.60. The van der Waals surface area contributed by atoms with Gasteiger partial charge < -0.3 is 0 Å². The first kappa shape index (κ1) is 19.8. The molecule has 0 atom stereocenters. The van der Waals surface area contributed by atoms with Gasteiger partial charge in [-0.25, -0.2) is 0 Å². The summed E-state index contributed by atoms with van der Waals surface area (Å²) in [5, 5.41) is 0. The largest absolute Gasteiger partial charge is 0.0622 e. The Morgan fingerprint density at radius 2 is 0.781 bits per heavy atom. The standard InChI is InChI=1S/C32H32/c1-4-14-24(15-5-1)32(25-16-6-2-7-17-25,26-18-8-3-9-19-26)31-29-22-12-10-20-27(29)28-21-11-13-23-30(28)31/h1-9,14-19,31H,10-13,20-23H2. The molecule has 0 nitrogen and oxygen atoms in total. The molecule has 6 rings (SSSR count). The minimum atomic E-state index is -0.184. The van der Waals surface area contributed by atoms with E-state index in [0.717, 1.165) is 0 Å². The fraction of sp³-hybridized carbons (Fsp3) is 0.312. The summed E-state index contributed by atoms with van der Waals surface area (Å²) in [6, 6.07) is 34.2. The number of hydrogen-bond acceptors (Lipinski definition) is 0. The first-order valence-corrected chi connectivity index (χ1v) is 12.5. The maximum atomic E-state index is 2.38. The molecule has 0 radical (unpaired) electrons. The smallest absolute Gasteiger partial charge is 0.0553 e. The monoisotopic (exact) mass is 416 g/mol. The first-order valence-electron chi connectivity index (χ1n) is 12.5. The molecule has 0 unspecified atom stereocenters. The van der Waals surface area contributed by atoms with Gasteiger partial charge in [-0.2, -0.15) is 0 Å². The molecule has 160 valence electrons. The van der Waals surface area contributed by atoms with Crippen molar-refractivity contribution in [2.75, 3.05) is 0 Å². The summed E-state index contributed by atoms with van der Waals surface area (Å²) in [5.41, 5.74) is 11.1. The topological polar surface area (TPSA) is 0 Å². The van der Waals surface area contributed by atoms with E-state index in [2.05, 4.69) is 91.0 Å². The van der Waals surface area contributed by atoms with Crippen LogP contribution in [-0.2, 0) is 5.41 Å². The van der Waals surface area contributed by atoms with E-state index < -0.39 is 0 Å². The summed E-state index contributed by atoms with van der Waals surface area (Å²) in [6.07, 6.45) is 10.5. The second kappa shape index (κ2) is 8.24. The summed E-state index contributed by atoms with van der Waals surface area (Å²) < 4.78 is 0. The van der Waals surface area contributed by atoms with Crippen molar-refractivity contribution in [1.29, 1.82) is 0 Å². The van der Waals surface area contributed by atoms with Gasteiger partial charge in [0.25, 0.3) is 0 Å². The Bertz CT molecular complexity index is 1020. The van der Waals surface area contributed by atoms with Crippen LogP contribution in [0.2, 0.25) is 0 Å². The molecule has 0 N–H and O–H groups in total. The molecule has 0 saturated heterocycles. The van der Waals surface area contributed by atoms with Gasteiger partial charge in [0.05, 0.1) is 5.41 Å². The van der Waals surface area contributed by atoms with Crippen LogP contribution in [0.4, 0.5) is 0 Å². The molecule has 32 heavy (non-hydrogen) atoms. The van der Waals surface area contributed by atoms with Crippen molar-refractivity contribution in [2.24, 2.45) is 5.92 Å². The summed E-state index contributed by atoms with van der Waals surface area (Å²) in [4.78, 5) is 0. The van der Waals surface area contributed by atoms with Gasteiger partial charge in [-0.15, -0.1) is 0 Å². The molecule has 0 heterocycles. The molecule has 0 fully saturated rings. The lowest BCUT2D eigenvalue weighted by Crippen LogP contribution is -2.40. The Hall–Kier alpha value is -2.86. The Kier molecular flexibility index (Phi) is 5.10. The number of hydrogen-bond donors (Lipinski definition) is 0. The minimum Gasteiger partial charge on any atom is -0.0622 e. The van der Waals surface area contributed by atoms with Gasteiger partial charge in [-0.3, -0.25) is 0 Å². The molecule has 0 saturated carbocycles. The van der Waals surface area contributed by atoms with Gasteiger partial charge in [-0.1, -0.05) is 102 Å². The minimum absolute atomic E-state index is 0.184. The average Bonchev–Trinajstić information content (AvgIpc) is 3.22. The number of benzene rings is 3. The second-order valence-corrected chi connectivity index (χ2v) is 9.76. The van der Waals surface area contributed by atoms with Gasteiger partial charge in [0.2, 0.25) is 0 Å². The van der Waals surface area contributed by atoms with Crippen molar-refractivity contribution in [3.63, 3.8) is 0 Å². The van der Waals surface area contributed by atoms with Crippen LogP contribution in [-0.4, -0.2) is 0 Å². The molecule has 3 aromatic carbocycles. The van der Waals surface area contributed by atoms with Crippen molar-refractivity contribution in [3.8, 4) is 0 Å². The molecule has 0 amide bonds. The van der Waals surface area contributed by atoms with E-state index in [-0.39, 0.29) is 5.41 Å². The summed E-state index contributed by atoms with van der Waals surface area (Å²) >= 11 is 0. The highest BCUT2D eigenvalue weighted by Gasteiger charge is 2.50. The average molecular weight is 417 g/mol. The Morgan fingerprint density at radius 1 is 0.438 bits per heavy atom. The lowest BCUT2D eigenvalue weighted by Gasteiger charge is -2.45. The van der Waals surface area contributed by atoms with Crippen LogP contribution in [0.3, 0.4) is 0 Å². The lowest BCUT2D eigenvalue weighted by molar-refractivity contribution is 0.445. The van der Waals surface area contributed by atoms with E-state index >= 15 is 0 Å². The van der Waals surface area contributed by atoms with Gasteiger partial charge in [0.15, 0.2) is 0 Å². The van der Waals surface area contributed by atoms with Gasteiger partial charge in [0, 0.05) is 5.92 Å². The second-order valence-electron chi connectivity index (χ2n) is 9.76. The lowest BCUT2D eigenvalue weighted by atomic mass is 9.57. The maximum Gasteiger partial charge on any atom is 0.0553 e. The van der Waals surface area contributed by atoms with Crippen molar-refractivity contribution in [1.82, 2.24) is 0 Å². The van der Waals surface area contributed by atoms with Crippen molar-refractivity contribution in [3.05, 3.63) is 130 Å². The third kappa shape index (κ3) is 2.96. The number of fused-ring (bicyclic) bond motifs is 1. The highest BCUT2D eigenvalue weighted by molar-refractivity contribution is 5.62. The van der Waals surface area contributed by atoms with Crippen molar-refractivity contribution < 1.29 is 0 Å². The van der Waals surface area contributed by atoms with E-state index in [1.54, 1.807) is 22.3 Å².